The molecule has 1 unspecified atom stereocenters. The second kappa shape index (κ2) is 7.64. The van der Waals surface area contributed by atoms with E-state index in [1.807, 2.05) is 19.1 Å². The second-order valence-corrected chi connectivity index (χ2v) is 7.52. The average molecular weight is 298 g/mol. The molecule has 5 heteroatoms. The quantitative estimate of drug-likeness (QED) is 0.774. The highest BCUT2D eigenvalue weighted by Crippen LogP contribution is 2.19. The maximum Gasteiger partial charge on any atom is 0.178 e. The van der Waals surface area contributed by atoms with Crippen molar-refractivity contribution in [3.05, 3.63) is 24.3 Å². The molecule has 4 nitrogen and oxygen atoms in total. The summed E-state index contributed by atoms with van der Waals surface area (Å²) in [5, 5.41) is 3.42. The van der Waals surface area contributed by atoms with E-state index >= 15 is 0 Å². The van der Waals surface area contributed by atoms with Crippen LogP contribution in [0.1, 0.15) is 33.6 Å². The molecule has 0 bridgehead atoms. The van der Waals surface area contributed by atoms with Crippen molar-refractivity contribution in [1.82, 2.24) is 0 Å². The molecule has 1 aromatic rings. The highest BCUT2D eigenvalue weighted by Gasteiger charge is 2.14. The lowest BCUT2D eigenvalue weighted by Crippen LogP contribution is -2.28. The largest absolute Gasteiger partial charge is 0.382 e. The monoisotopic (exact) mass is 298 g/mol. The smallest absolute Gasteiger partial charge is 0.178 e. The number of anilines is 1. The molecule has 0 radical (unpaired) electrons. The number of sulfone groups is 1. The Balaban J connectivity index is 2.81. The molecule has 1 aromatic carbocycles. The van der Waals surface area contributed by atoms with E-state index in [4.69, 9.17) is 5.73 Å². The molecule has 1 atom stereocenters. The van der Waals surface area contributed by atoms with Crippen molar-refractivity contribution in [3.63, 3.8) is 0 Å². The molecule has 0 aliphatic heterocycles. The molecule has 3 N–H and O–H groups in total. The van der Waals surface area contributed by atoms with Gasteiger partial charge in [-0.05, 0) is 49.6 Å². The summed E-state index contributed by atoms with van der Waals surface area (Å²) in [6, 6.07) is 7.31. The molecule has 0 heterocycles. The fraction of sp³-hybridized carbons (Fsp3) is 0.600. The molecule has 0 saturated carbocycles. The summed E-state index contributed by atoms with van der Waals surface area (Å²) in [6.07, 6.45) is 1.53. The Kier molecular flexibility index (Phi) is 6.49. The van der Waals surface area contributed by atoms with Crippen LogP contribution in [0.25, 0.3) is 0 Å². The van der Waals surface area contributed by atoms with E-state index in [0.717, 1.165) is 12.1 Å². The van der Waals surface area contributed by atoms with Gasteiger partial charge in [0.1, 0.15) is 0 Å². The van der Waals surface area contributed by atoms with Crippen LogP contribution in [-0.2, 0) is 9.84 Å². The molecule has 0 saturated heterocycles. The number of benzene rings is 1. The fourth-order valence-electron chi connectivity index (χ4n) is 2.11. The normalized spacial score (nSPS) is 13.4. The van der Waals surface area contributed by atoms with Crippen molar-refractivity contribution in [2.75, 3.05) is 17.6 Å². The van der Waals surface area contributed by atoms with E-state index in [1.54, 1.807) is 12.1 Å². The van der Waals surface area contributed by atoms with Crippen molar-refractivity contribution < 1.29 is 8.42 Å². The predicted molar refractivity (Wildman–Crippen MR) is 84.7 cm³/mol. The zero-order valence-electron chi connectivity index (χ0n) is 12.6. The Hall–Kier alpha value is -1.07. The standard InChI is InChI=1S/C15H26N2O2S/c1-4-11-20(18,19)14-7-5-13(6-8-14)17-15(9-10-16)12(2)3/h5-8,12,15,17H,4,9-11,16H2,1-3H3. The lowest BCUT2D eigenvalue weighted by molar-refractivity contribution is 0.499. The Morgan fingerprint density at radius 3 is 2.25 bits per heavy atom. The van der Waals surface area contributed by atoms with Gasteiger partial charge in [-0.3, -0.25) is 0 Å². The number of hydrogen-bond donors (Lipinski definition) is 2. The van der Waals surface area contributed by atoms with E-state index in [-0.39, 0.29) is 5.75 Å². The zero-order valence-corrected chi connectivity index (χ0v) is 13.4. The summed E-state index contributed by atoms with van der Waals surface area (Å²) in [7, 11) is -3.13. The van der Waals surface area contributed by atoms with Crippen molar-refractivity contribution in [2.24, 2.45) is 11.7 Å². The van der Waals surface area contributed by atoms with Gasteiger partial charge in [-0.25, -0.2) is 8.42 Å². The summed E-state index contributed by atoms with van der Waals surface area (Å²) in [4.78, 5) is 0.393. The first-order valence-corrected chi connectivity index (χ1v) is 8.85. The topological polar surface area (TPSA) is 72.2 Å². The van der Waals surface area contributed by atoms with Crippen LogP contribution < -0.4 is 11.1 Å². The van der Waals surface area contributed by atoms with Gasteiger partial charge in [0.2, 0.25) is 0 Å². The highest BCUT2D eigenvalue weighted by atomic mass is 32.2. The van der Waals surface area contributed by atoms with E-state index in [0.29, 0.717) is 29.8 Å². The van der Waals surface area contributed by atoms with Crippen LogP contribution in [0.4, 0.5) is 5.69 Å². The highest BCUT2D eigenvalue weighted by molar-refractivity contribution is 7.91. The first kappa shape index (κ1) is 17.0. The van der Waals surface area contributed by atoms with Crippen LogP contribution in [0.2, 0.25) is 0 Å². The SMILES string of the molecule is CCCS(=O)(=O)c1ccc(NC(CCN)C(C)C)cc1. The van der Waals surface area contributed by atoms with Crippen LogP contribution in [-0.4, -0.2) is 26.8 Å². The van der Waals surface area contributed by atoms with Crippen molar-refractivity contribution in [1.29, 1.82) is 0 Å². The van der Waals surface area contributed by atoms with Gasteiger partial charge in [0.25, 0.3) is 0 Å². The molecule has 0 aliphatic carbocycles. The van der Waals surface area contributed by atoms with Gasteiger partial charge >= 0.3 is 0 Å². The molecule has 0 fully saturated rings. The summed E-state index contributed by atoms with van der Waals surface area (Å²) in [6.45, 7) is 6.80. The zero-order chi connectivity index (χ0) is 15.2. The second-order valence-electron chi connectivity index (χ2n) is 5.42. The summed E-state index contributed by atoms with van der Waals surface area (Å²) in [5.74, 6) is 0.670. The summed E-state index contributed by atoms with van der Waals surface area (Å²) >= 11 is 0. The van der Waals surface area contributed by atoms with Gasteiger partial charge in [0, 0.05) is 11.7 Å². The number of nitrogens with one attached hydrogen (secondary N) is 1. The Labute approximate surface area is 122 Å². The van der Waals surface area contributed by atoms with Gasteiger partial charge in [0.15, 0.2) is 9.84 Å². The first-order chi connectivity index (χ1) is 9.40. The molecule has 20 heavy (non-hydrogen) atoms. The molecule has 0 spiro atoms. The van der Waals surface area contributed by atoms with Crippen LogP contribution in [0.5, 0.6) is 0 Å². The minimum absolute atomic E-state index is 0.196. The minimum atomic E-state index is -3.13. The number of nitrogens with two attached hydrogens (primary N) is 1. The maximum atomic E-state index is 11.9. The lowest BCUT2D eigenvalue weighted by atomic mass is 10.0. The molecule has 1 rings (SSSR count). The Bertz CT molecular complexity index is 495. The van der Waals surface area contributed by atoms with Gasteiger partial charge in [-0.15, -0.1) is 0 Å². The van der Waals surface area contributed by atoms with Crippen LogP contribution in [0.3, 0.4) is 0 Å². The van der Waals surface area contributed by atoms with Gasteiger partial charge < -0.3 is 11.1 Å². The van der Waals surface area contributed by atoms with Crippen molar-refractivity contribution in [2.45, 2.75) is 44.6 Å². The summed E-state index contributed by atoms with van der Waals surface area (Å²) in [5.41, 5.74) is 6.55. The Morgan fingerprint density at radius 2 is 1.80 bits per heavy atom. The molecule has 114 valence electrons. The van der Waals surface area contributed by atoms with E-state index in [1.165, 1.54) is 0 Å². The molecule has 0 amide bonds. The third-order valence-corrected chi connectivity index (χ3v) is 5.26. The van der Waals surface area contributed by atoms with E-state index in [2.05, 4.69) is 19.2 Å². The molecular formula is C15H26N2O2S. The van der Waals surface area contributed by atoms with Crippen molar-refractivity contribution >= 4 is 15.5 Å². The summed E-state index contributed by atoms with van der Waals surface area (Å²) < 4.78 is 23.9. The van der Waals surface area contributed by atoms with Crippen LogP contribution in [0, 0.1) is 5.92 Å². The maximum absolute atomic E-state index is 11.9. The molecule has 0 aromatic heterocycles. The third kappa shape index (κ3) is 4.80. The first-order valence-electron chi connectivity index (χ1n) is 7.20. The van der Waals surface area contributed by atoms with E-state index < -0.39 is 9.84 Å². The molecule has 0 aliphatic rings. The third-order valence-electron chi connectivity index (χ3n) is 3.32. The lowest BCUT2D eigenvalue weighted by Gasteiger charge is -2.23. The number of hydrogen-bond acceptors (Lipinski definition) is 4. The average Bonchev–Trinajstić information content (AvgIpc) is 2.38. The van der Waals surface area contributed by atoms with Crippen molar-refractivity contribution in [3.8, 4) is 0 Å². The van der Waals surface area contributed by atoms with Gasteiger partial charge in [-0.2, -0.15) is 0 Å². The predicted octanol–water partition coefficient (Wildman–Crippen LogP) is 2.66. The number of rotatable bonds is 8. The molecular weight excluding hydrogens is 272 g/mol. The minimum Gasteiger partial charge on any atom is -0.382 e. The Morgan fingerprint density at radius 1 is 1.20 bits per heavy atom. The van der Waals surface area contributed by atoms with Gasteiger partial charge in [-0.1, -0.05) is 20.8 Å². The van der Waals surface area contributed by atoms with Crippen LogP contribution >= 0.6 is 0 Å². The van der Waals surface area contributed by atoms with Crippen LogP contribution in [0.15, 0.2) is 29.2 Å². The fourth-order valence-corrected chi connectivity index (χ4v) is 3.43. The van der Waals surface area contributed by atoms with Gasteiger partial charge in [0.05, 0.1) is 10.6 Å². The van der Waals surface area contributed by atoms with E-state index in [9.17, 15) is 8.42 Å².